The lowest BCUT2D eigenvalue weighted by molar-refractivity contribution is 0.347. The first kappa shape index (κ1) is 13.8. The Kier molecular flexibility index (Phi) is 4.52. The zero-order valence-corrected chi connectivity index (χ0v) is 11.6. The van der Waals surface area contributed by atoms with E-state index in [1.54, 1.807) is 0 Å². The molecule has 100 valence electrons. The molecule has 3 heteroatoms. The SMILES string of the molecule is Cc1cc(C)c(C#N)c(OC/C=C/c2ccccc2)n1. The lowest BCUT2D eigenvalue weighted by atomic mass is 10.1. The van der Waals surface area contributed by atoms with E-state index in [-0.39, 0.29) is 0 Å². The molecule has 0 spiro atoms. The van der Waals surface area contributed by atoms with Crippen LogP contribution in [0.5, 0.6) is 5.88 Å². The lowest BCUT2D eigenvalue weighted by Crippen LogP contribution is -2.01. The molecule has 0 N–H and O–H groups in total. The minimum Gasteiger partial charge on any atom is -0.472 e. The summed E-state index contributed by atoms with van der Waals surface area (Å²) in [5, 5.41) is 9.14. The summed E-state index contributed by atoms with van der Waals surface area (Å²) in [5.41, 5.74) is 3.36. The molecule has 1 aromatic heterocycles. The van der Waals surface area contributed by atoms with Crippen LogP contribution in [0.1, 0.15) is 22.4 Å². The van der Waals surface area contributed by atoms with Crippen molar-refractivity contribution in [2.24, 2.45) is 0 Å². The van der Waals surface area contributed by atoms with Gasteiger partial charge in [0.05, 0.1) is 0 Å². The summed E-state index contributed by atoms with van der Waals surface area (Å²) in [6, 6.07) is 14.0. The predicted molar refractivity (Wildman–Crippen MR) is 79.4 cm³/mol. The highest BCUT2D eigenvalue weighted by Gasteiger charge is 2.08. The minimum atomic E-state index is 0.388. The van der Waals surface area contributed by atoms with Crippen LogP contribution in [0.3, 0.4) is 0 Å². The van der Waals surface area contributed by atoms with Crippen LogP contribution in [0.2, 0.25) is 0 Å². The molecule has 0 aliphatic heterocycles. The van der Waals surface area contributed by atoms with E-state index >= 15 is 0 Å². The average molecular weight is 264 g/mol. The topological polar surface area (TPSA) is 45.9 Å². The van der Waals surface area contributed by atoms with Crippen LogP contribution in [0.4, 0.5) is 0 Å². The maximum absolute atomic E-state index is 9.14. The van der Waals surface area contributed by atoms with Crippen LogP contribution in [-0.2, 0) is 0 Å². The number of ether oxygens (including phenoxy) is 1. The van der Waals surface area contributed by atoms with E-state index in [2.05, 4.69) is 11.1 Å². The Morgan fingerprint density at radius 2 is 2.00 bits per heavy atom. The van der Waals surface area contributed by atoms with Crippen LogP contribution < -0.4 is 4.74 Å². The first-order chi connectivity index (χ1) is 9.70. The second kappa shape index (κ2) is 6.53. The Balaban J connectivity index is 2.05. The van der Waals surface area contributed by atoms with Gasteiger partial charge in [-0.25, -0.2) is 4.98 Å². The minimum absolute atomic E-state index is 0.388. The summed E-state index contributed by atoms with van der Waals surface area (Å²) in [4.78, 5) is 4.27. The zero-order chi connectivity index (χ0) is 14.4. The van der Waals surface area contributed by atoms with E-state index in [4.69, 9.17) is 10.00 Å². The Hall–Kier alpha value is -2.60. The van der Waals surface area contributed by atoms with Gasteiger partial charge >= 0.3 is 0 Å². The third-order valence-corrected chi connectivity index (χ3v) is 2.85. The summed E-state index contributed by atoms with van der Waals surface area (Å²) in [7, 11) is 0. The third-order valence-electron chi connectivity index (χ3n) is 2.85. The Bertz CT molecular complexity index is 655. The molecule has 0 atom stereocenters. The number of pyridine rings is 1. The van der Waals surface area contributed by atoms with Crippen LogP contribution >= 0.6 is 0 Å². The van der Waals surface area contributed by atoms with Gasteiger partial charge in [0.25, 0.3) is 0 Å². The van der Waals surface area contributed by atoms with Gasteiger partial charge in [0, 0.05) is 5.69 Å². The fraction of sp³-hybridized carbons (Fsp3) is 0.176. The van der Waals surface area contributed by atoms with Crippen molar-refractivity contribution in [3.05, 3.63) is 64.9 Å². The van der Waals surface area contributed by atoms with Crippen molar-refractivity contribution < 1.29 is 4.74 Å². The average Bonchev–Trinajstić information content (AvgIpc) is 2.44. The molecule has 0 saturated heterocycles. The van der Waals surface area contributed by atoms with Crippen LogP contribution in [0, 0.1) is 25.2 Å². The quantitative estimate of drug-likeness (QED) is 0.846. The normalized spacial score (nSPS) is 10.4. The first-order valence-electron chi connectivity index (χ1n) is 6.43. The summed E-state index contributed by atoms with van der Waals surface area (Å²) in [5.74, 6) is 0.405. The summed E-state index contributed by atoms with van der Waals surface area (Å²) in [6.07, 6.45) is 3.89. The molecule has 0 saturated carbocycles. The zero-order valence-electron chi connectivity index (χ0n) is 11.6. The highest BCUT2D eigenvalue weighted by Crippen LogP contribution is 2.19. The van der Waals surface area contributed by atoms with Crippen molar-refractivity contribution >= 4 is 6.08 Å². The molecular formula is C17H16N2O. The second-order valence-electron chi connectivity index (χ2n) is 4.50. The number of nitriles is 1. The maximum Gasteiger partial charge on any atom is 0.232 e. The molecule has 0 aliphatic rings. The number of hydrogen-bond donors (Lipinski definition) is 0. The van der Waals surface area contributed by atoms with Gasteiger partial charge in [0.1, 0.15) is 18.2 Å². The van der Waals surface area contributed by atoms with Gasteiger partial charge in [-0.3, -0.25) is 0 Å². The third kappa shape index (κ3) is 3.46. The van der Waals surface area contributed by atoms with Gasteiger partial charge in [-0.2, -0.15) is 5.26 Å². The first-order valence-corrected chi connectivity index (χ1v) is 6.43. The number of rotatable bonds is 4. The van der Waals surface area contributed by atoms with Gasteiger partial charge in [-0.05, 0) is 37.1 Å². The number of benzene rings is 1. The van der Waals surface area contributed by atoms with Gasteiger partial charge in [-0.1, -0.05) is 36.4 Å². The molecular weight excluding hydrogens is 248 g/mol. The highest BCUT2D eigenvalue weighted by molar-refractivity contribution is 5.49. The standard InChI is InChI=1S/C17H16N2O/c1-13-11-14(2)19-17(16(13)12-18)20-10-6-9-15-7-4-3-5-8-15/h3-9,11H,10H2,1-2H3/b9-6+. The van der Waals surface area contributed by atoms with Crippen molar-refractivity contribution in [2.75, 3.05) is 6.61 Å². The van der Waals surface area contributed by atoms with Gasteiger partial charge in [0.2, 0.25) is 5.88 Å². The maximum atomic E-state index is 9.14. The molecule has 0 bridgehead atoms. The van der Waals surface area contributed by atoms with Crippen molar-refractivity contribution in [3.63, 3.8) is 0 Å². The van der Waals surface area contributed by atoms with Gasteiger partial charge in [0.15, 0.2) is 0 Å². The summed E-state index contributed by atoms with van der Waals surface area (Å²) < 4.78 is 5.59. The fourth-order valence-electron chi connectivity index (χ4n) is 1.92. The highest BCUT2D eigenvalue weighted by atomic mass is 16.5. The van der Waals surface area contributed by atoms with Crippen LogP contribution in [0.25, 0.3) is 6.08 Å². The van der Waals surface area contributed by atoms with E-state index in [1.165, 1.54) is 0 Å². The Morgan fingerprint density at radius 3 is 2.70 bits per heavy atom. The molecule has 0 fully saturated rings. The lowest BCUT2D eigenvalue weighted by Gasteiger charge is -2.07. The van der Waals surface area contributed by atoms with E-state index in [1.807, 2.05) is 62.4 Å². The van der Waals surface area contributed by atoms with Gasteiger partial charge < -0.3 is 4.74 Å². The Labute approximate surface area is 119 Å². The number of aromatic nitrogens is 1. The summed E-state index contributed by atoms with van der Waals surface area (Å²) in [6.45, 7) is 4.17. The predicted octanol–water partition coefficient (Wildman–Crippen LogP) is 3.66. The monoisotopic (exact) mass is 264 g/mol. The smallest absolute Gasteiger partial charge is 0.232 e. The number of nitrogens with zero attached hydrogens (tertiary/aromatic N) is 2. The molecule has 0 aliphatic carbocycles. The van der Waals surface area contributed by atoms with E-state index in [0.29, 0.717) is 18.1 Å². The van der Waals surface area contributed by atoms with Crippen LogP contribution in [-0.4, -0.2) is 11.6 Å². The van der Waals surface area contributed by atoms with Crippen molar-refractivity contribution in [2.45, 2.75) is 13.8 Å². The molecule has 1 heterocycles. The summed E-state index contributed by atoms with van der Waals surface area (Å²) >= 11 is 0. The molecule has 2 aromatic rings. The Morgan fingerprint density at radius 1 is 1.25 bits per heavy atom. The fourth-order valence-corrected chi connectivity index (χ4v) is 1.92. The van der Waals surface area contributed by atoms with E-state index in [9.17, 15) is 0 Å². The molecule has 1 aromatic carbocycles. The molecule has 3 nitrogen and oxygen atoms in total. The molecule has 0 radical (unpaired) electrons. The second-order valence-corrected chi connectivity index (χ2v) is 4.50. The molecule has 2 rings (SSSR count). The molecule has 0 unspecified atom stereocenters. The number of hydrogen-bond acceptors (Lipinski definition) is 3. The molecule has 0 amide bonds. The largest absolute Gasteiger partial charge is 0.472 e. The van der Waals surface area contributed by atoms with Crippen molar-refractivity contribution in [1.82, 2.24) is 4.98 Å². The van der Waals surface area contributed by atoms with Crippen molar-refractivity contribution in [1.29, 1.82) is 5.26 Å². The van der Waals surface area contributed by atoms with Crippen LogP contribution in [0.15, 0.2) is 42.5 Å². The number of aryl methyl sites for hydroxylation is 2. The van der Waals surface area contributed by atoms with E-state index in [0.717, 1.165) is 16.8 Å². The van der Waals surface area contributed by atoms with Crippen molar-refractivity contribution in [3.8, 4) is 11.9 Å². The van der Waals surface area contributed by atoms with E-state index < -0.39 is 0 Å². The molecule has 20 heavy (non-hydrogen) atoms. The van der Waals surface area contributed by atoms with Gasteiger partial charge in [-0.15, -0.1) is 0 Å².